The lowest BCUT2D eigenvalue weighted by Gasteiger charge is -2.48. The second-order valence-corrected chi connectivity index (χ2v) is 14.6. The summed E-state index contributed by atoms with van der Waals surface area (Å²) < 4.78 is 74.5. The highest BCUT2D eigenvalue weighted by Crippen LogP contribution is 2.38. The first-order valence-electron chi connectivity index (χ1n) is 19.8. The van der Waals surface area contributed by atoms with Crippen molar-refractivity contribution in [2.45, 2.75) is 124 Å². The van der Waals surface area contributed by atoms with Crippen LogP contribution in [0.5, 0.6) is 17.2 Å². The Morgan fingerprint density at radius 2 is 1.06 bits per heavy atom. The molecular formula is C43H46O22. The van der Waals surface area contributed by atoms with E-state index in [0.717, 1.165) is 60.6 Å². The fourth-order valence-electron chi connectivity index (χ4n) is 7.01. The Morgan fingerprint density at radius 1 is 0.538 bits per heavy atom. The van der Waals surface area contributed by atoms with Crippen LogP contribution in [-0.4, -0.2) is 116 Å². The highest BCUT2D eigenvalue weighted by molar-refractivity contribution is 5.89. The van der Waals surface area contributed by atoms with E-state index in [1.807, 2.05) is 0 Å². The number of carbonyl (C=O) groups excluding carboxylic acids is 8. The van der Waals surface area contributed by atoms with Crippen molar-refractivity contribution >= 4 is 58.7 Å². The van der Waals surface area contributed by atoms with Gasteiger partial charge in [-0.3, -0.25) is 43.2 Å². The number of ether oxygens (including phenoxy) is 12. The zero-order valence-electron chi connectivity index (χ0n) is 36.5. The minimum atomic E-state index is -1.80. The molecule has 2 aliphatic heterocycles. The third kappa shape index (κ3) is 12.9. The van der Waals surface area contributed by atoms with Crippen molar-refractivity contribution in [1.29, 1.82) is 0 Å². The molecule has 2 fully saturated rings. The van der Waals surface area contributed by atoms with Gasteiger partial charge in [0.2, 0.25) is 12.4 Å². The van der Waals surface area contributed by atoms with E-state index in [0.29, 0.717) is 5.56 Å². The van der Waals surface area contributed by atoms with Crippen LogP contribution in [0, 0.1) is 0 Å². The van der Waals surface area contributed by atoms with E-state index in [-0.39, 0.29) is 34.0 Å². The second-order valence-electron chi connectivity index (χ2n) is 14.6. The minimum Gasteiger partial charge on any atom is -0.463 e. The topological polar surface area (TPSA) is 278 Å². The van der Waals surface area contributed by atoms with E-state index in [1.165, 1.54) is 44.2 Å². The van der Waals surface area contributed by atoms with Gasteiger partial charge in [0.25, 0.3) is 0 Å². The molecule has 350 valence electrons. The number of fused-ring (bicyclic) bond motifs is 1. The molecule has 10 atom stereocenters. The number of rotatable bonds is 14. The van der Waals surface area contributed by atoms with Gasteiger partial charge in [-0.05, 0) is 31.2 Å². The molecule has 5 rings (SSSR count). The van der Waals surface area contributed by atoms with E-state index in [9.17, 15) is 43.2 Å². The average Bonchev–Trinajstić information content (AvgIpc) is 3.18. The van der Waals surface area contributed by atoms with E-state index in [1.54, 1.807) is 0 Å². The van der Waals surface area contributed by atoms with Crippen LogP contribution in [0.15, 0.2) is 51.7 Å². The molecule has 1 aromatic heterocycles. The molecule has 2 aromatic carbocycles. The van der Waals surface area contributed by atoms with Crippen LogP contribution in [-0.2, 0) is 81.0 Å². The summed E-state index contributed by atoms with van der Waals surface area (Å²) in [7, 11) is 0. The lowest BCUT2D eigenvalue weighted by Crippen LogP contribution is -2.67. The molecule has 0 amide bonds. The summed E-state index contributed by atoms with van der Waals surface area (Å²) in [6.07, 6.45) is -15.9. The van der Waals surface area contributed by atoms with Gasteiger partial charge in [-0.25, -0.2) is 0 Å². The predicted octanol–water partition coefficient (Wildman–Crippen LogP) is 2.77. The summed E-state index contributed by atoms with van der Waals surface area (Å²) in [6.45, 7) is 9.40. The highest BCUT2D eigenvalue weighted by Gasteiger charge is 2.57. The summed E-state index contributed by atoms with van der Waals surface area (Å²) in [4.78, 5) is 112. The number of benzene rings is 2. The fraction of sp³-hybridized carbons (Fsp3) is 0.465. The van der Waals surface area contributed by atoms with Gasteiger partial charge < -0.3 is 61.3 Å². The first-order chi connectivity index (χ1) is 30.6. The number of carbonyl (C=O) groups is 8. The van der Waals surface area contributed by atoms with Crippen molar-refractivity contribution in [3.63, 3.8) is 0 Å². The van der Waals surface area contributed by atoms with Crippen LogP contribution in [0.1, 0.15) is 62.3 Å². The number of esters is 8. The SMILES string of the molecule is CC(=O)OC[C@H]1O[C@@H](Oc2cc(OC(C)=O)c3c(=O)cc(-c4ccc(OC(C)=O)cc4)oc3c2)[C@H](OC(C)=O)[C@@H](OC(C)=O)[C@@H]1O[C@@H]1O[C@@H](C)[C@H](OC(C)=O)[C@@H](OC(C)=O)[C@H]1OC(C)=O. The Bertz CT molecular complexity index is 2370. The molecule has 0 N–H and O–H groups in total. The number of hydrogen-bond donors (Lipinski definition) is 0. The standard InChI is InChI=1S/C43H46O22/c1-18-36(57-22(5)47)38(58-23(6)48)40(60-25(8)50)42(54-18)65-37-34(17-53-19(2)44)64-43(41(61-26(9)51)39(37)59-24(7)49)62-29-14-32(56-21(4)46)35-30(52)16-31(63-33(35)15-29)27-10-12-28(13-11-27)55-20(3)45/h10-16,18,34,36-43H,17H2,1-9H3/t18-,34+,36-,37+,38+,39-,40+,41+,42-,43+/m0/s1. The Balaban J connectivity index is 1.61. The normalized spacial score (nSPS) is 24.9. The molecule has 65 heavy (non-hydrogen) atoms. The maximum atomic E-state index is 13.6. The van der Waals surface area contributed by atoms with Crippen molar-refractivity contribution in [3.8, 4) is 28.6 Å². The second kappa shape index (κ2) is 21.2. The summed E-state index contributed by atoms with van der Waals surface area (Å²) in [5.41, 5.74) is -0.436. The van der Waals surface area contributed by atoms with Crippen LogP contribution >= 0.6 is 0 Å². The zero-order valence-corrected chi connectivity index (χ0v) is 36.5. The maximum absolute atomic E-state index is 13.6. The molecule has 22 nitrogen and oxygen atoms in total. The summed E-state index contributed by atoms with van der Waals surface area (Å²) in [5.74, 6) is -6.95. The first-order valence-corrected chi connectivity index (χ1v) is 19.8. The van der Waals surface area contributed by atoms with Gasteiger partial charge in [0.05, 0.1) is 6.10 Å². The Kier molecular flexibility index (Phi) is 16.0. The molecule has 3 heterocycles. The van der Waals surface area contributed by atoms with Crippen molar-refractivity contribution in [2.75, 3.05) is 6.61 Å². The first kappa shape index (κ1) is 49.1. The quantitative estimate of drug-likeness (QED) is 0.128. The molecule has 3 aromatic rings. The third-order valence-electron chi connectivity index (χ3n) is 9.25. The Labute approximate surface area is 369 Å². The summed E-state index contributed by atoms with van der Waals surface area (Å²) in [6, 6.07) is 9.51. The molecule has 0 saturated carbocycles. The van der Waals surface area contributed by atoms with Crippen LogP contribution in [0.2, 0.25) is 0 Å². The van der Waals surface area contributed by atoms with Crippen molar-refractivity contribution in [1.82, 2.24) is 0 Å². The van der Waals surface area contributed by atoms with Gasteiger partial charge in [-0.1, -0.05) is 0 Å². The molecule has 0 unspecified atom stereocenters. The molecular weight excluding hydrogens is 868 g/mol. The van der Waals surface area contributed by atoms with Crippen molar-refractivity contribution in [2.24, 2.45) is 0 Å². The molecule has 0 spiro atoms. The van der Waals surface area contributed by atoms with Crippen LogP contribution in [0.4, 0.5) is 0 Å². The summed E-state index contributed by atoms with van der Waals surface area (Å²) >= 11 is 0. The van der Waals surface area contributed by atoms with Crippen molar-refractivity contribution < 1.29 is 99.6 Å². The molecule has 0 aliphatic carbocycles. The van der Waals surface area contributed by atoms with Gasteiger partial charge in [-0.2, -0.15) is 0 Å². The largest absolute Gasteiger partial charge is 0.463 e. The smallest absolute Gasteiger partial charge is 0.308 e. The van der Waals surface area contributed by atoms with Crippen molar-refractivity contribution in [3.05, 3.63) is 52.7 Å². The van der Waals surface area contributed by atoms with Gasteiger partial charge in [-0.15, -0.1) is 0 Å². The average molecular weight is 915 g/mol. The predicted molar refractivity (Wildman–Crippen MR) is 213 cm³/mol. The molecule has 0 radical (unpaired) electrons. The lowest BCUT2D eigenvalue weighted by molar-refractivity contribution is -0.351. The van der Waals surface area contributed by atoms with E-state index >= 15 is 0 Å². The Morgan fingerprint density at radius 3 is 1.60 bits per heavy atom. The highest BCUT2D eigenvalue weighted by atomic mass is 16.8. The van der Waals surface area contributed by atoms with Gasteiger partial charge in [0.15, 0.2) is 36.1 Å². The maximum Gasteiger partial charge on any atom is 0.308 e. The van der Waals surface area contributed by atoms with Crippen LogP contribution in [0.3, 0.4) is 0 Å². The van der Waals surface area contributed by atoms with E-state index in [4.69, 9.17) is 61.3 Å². The van der Waals surface area contributed by atoms with E-state index in [2.05, 4.69) is 0 Å². The Hall–Kier alpha value is -6.91. The number of hydrogen-bond acceptors (Lipinski definition) is 22. The molecule has 2 aliphatic rings. The van der Waals surface area contributed by atoms with Crippen LogP contribution in [0.25, 0.3) is 22.3 Å². The third-order valence-corrected chi connectivity index (χ3v) is 9.25. The monoisotopic (exact) mass is 914 g/mol. The lowest BCUT2D eigenvalue weighted by atomic mass is 9.96. The van der Waals surface area contributed by atoms with Gasteiger partial charge >= 0.3 is 47.8 Å². The molecule has 22 heteroatoms. The molecule has 2 saturated heterocycles. The van der Waals surface area contributed by atoms with Gasteiger partial charge in [0.1, 0.15) is 52.8 Å². The van der Waals surface area contributed by atoms with Gasteiger partial charge in [0, 0.05) is 79.2 Å². The molecule has 0 bridgehead atoms. The van der Waals surface area contributed by atoms with Crippen LogP contribution < -0.4 is 19.6 Å². The van der Waals surface area contributed by atoms with E-state index < -0.39 is 121 Å². The fourth-order valence-corrected chi connectivity index (χ4v) is 7.01. The summed E-state index contributed by atoms with van der Waals surface area (Å²) in [5, 5.41) is -0.181. The zero-order chi connectivity index (χ0) is 47.9. The minimum absolute atomic E-state index is 0.0345.